The van der Waals surface area contributed by atoms with Crippen molar-refractivity contribution in [2.75, 3.05) is 20.1 Å². The third-order valence-corrected chi connectivity index (χ3v) is 3.14. The highest BCUT2D eigenvalue weighted by Gasteiger charge is 2.24. The second-order valence-corrected chi connectivity index (χ2v) is 4.65. The van der Waals surface area contributed by atoms with Gasteiger partial charge in [0, 0.05) is 19.0 Å². The SMILES string of the molecule is Cc1cc(CN(C)C(=O)C2CCNCC2)no1. The first kappa shape index (κ1) is 12.1. The minimum atomic E-state index is 0.161. The Labute approximate surface area is 101 Å². The molecule has 0 aromatic carbocycles. The topological polar surface area (TPSA) is 58.4 Å². The summed E-state index contributed by atoms with van der Waals surface area (Å²) in [5.41, 5.74) is 0.812. The van der Waals surface area contributed by atoms with E-state index < -0.39 is 0 Å². The molecule has 1 aromatic heterocycles. The first-order valence-corrected chi connectivity index (χ1v) is 6.04. The first-order chi connectivity index (χ1) is 8.16. The van der Waals surface area contributed by atoms with Crippen molar-refractivity contribution in [2.45, 2.75) is 26.3 Å². The second kappa shape index (κ2) is 5.31. The van der Waals surface area contributed by atoms with Gasteiger partial charge in [-0.2, -0.15) is 0 Å². The number of amides is 1. The summed E-state index contributed by atoms with van der Waals surface area (Å²) in [5.74, 6) is 1.16. The minimum absolute atomic E-state index is 0.161. The fourth-order valence-electron chi connectivity index (χ4n) is 2.19. The molecule has 0 radical (unpaired) electrons. The maximum Gasteiger partial charge on any atom is 0.225 e. The lowest BCUT2D eigenvalue weighted by Gasteiger charge is -2.26. The van der Waals surface area contributed by atoms with Crippen molar-refractivity contribution < 1.29 is 9.32 Å². The summed E-state index contributed by atoms with van der Waals surface area (Å²) in [6, 6.07) is 1.87. The van der Waals surface area contributed by atoms with Crippen LogP contribution in [0.2, 0.25) is 0 Å². The quantitative estimate of drug-likeness (QED) is 0.850. The van der Waals surface area contributed by atoms with E-state index in [0.717, 1.165) is 37.4 Å². The van der Waals surface area contributed by atoms with Gasteiger partial charge < -0.3 is 14.7 Å². The molecule has 1 fully saturated rings. The van der Waals surface area contributed by atoms with Crippen molar-refractivity contribution in [2.24, 2.45) is 5.92 Å². The van der Waals surface area contributed by atoms with Crippen LogP contribution >= 0.6 is 0 Å². The molecule has 0 spiro atoms. The Bertz CT molecular complexity index is 383. The molecule has 0 saturated carbocycles. The summed E-state index contributed by atoms with van der Waals surface area (Å²) >= 11 is 0. The highest BCUT2D eigenvalue weighted by molar-refractivity contribution is 5.78. The molecule has 1 aromatic rings. The summed E-state index contributed by atoms with van der Waals surface area (Å²) in [7, 11) is 1.83. The Balaban J connectivity index is 1.90. The van der Waals surface area contributed by atoms with E-state index in [1.165, 1.54) is 0 Å². The number of nitrogens with zero attached hydrogens (tertiary/aromatic N) is 2. The molecule has 1 amide bonds. The normalized spacial score (nSPS) is 17.1. The van der Waals surface area contributed by atoms with Crippen LogP contribution in [0.5, 0.6) is 0 Å². The largest absolute Gasteiger partial charge is 0.361 e. The van der Waals surface area contributed by atoms with Crippen LogP contribution in [0.4, 0.5) is 0 Å². The van der Waals surface area contributed by atoms with E-state index in [9.17, 15) is 4.79 Å². The van der Waals surface area contributed by atoms with Crippen molar-refractivity contribution in [3.8, 4) is 0 Å². The molecule has 2 rings (SSSR count). The predicted octanol–water partition coefficient (Wildman–Crippen LogP) is 0.941. The van der Waals surface area contributed by atoms with E-state index in [0.29, 0.717) is 6.54 Å². The first-order valence-electron chi connectivity index (χ1n) is 6.04. The number of nitrogens with one attached hydrogen (secondary N) is 1. The number of piperidine rings is 1. The maximum absolute atomic E-state index is 12.1. The number of hydrogen-bond acceptors (Lipinski definition) is 4. The molecule has 1 aliphatic rings. The van der Waals surface area contributed by atoms with Crippen LogP contribution in [-0.4, -0.2) is 36.1 Å². The van der Waals surface area contributed by atoms with E-state index in [2.05, 4.69) is 10.5 Å². The smallest absolute Gasteiger partial charge is 0.225 e. The number of carbonyl (C=O) groups excluding carboxylic acids is 1. The molecule has 5 nitrogen and oxygen atoms in total. The van der Waals surface area contributed by atoms with Crippen molar-refractivity contribution in [1.29, 1.82) is 0 Å². The van der Waals surface area contributed by atoms with E-state index in [1.807, 2.05) is 20.0 Å². The van der Waals surface area contributed by atoms with Crippen molar-refractivity contribution in [3.05, 3.63) is 17.5 Å². The zero-order chi connectivity index (χ0) is 12.3. The van der Waals surface area contributed by atoms with Crippen LogP contribution in [-0.2, 0) is 11.3 Å². The van der Waals surface area contributed by atoms with Crippen LogP contribution in [0, 0.1) is 12.8 Å². The molecule has 2 heterocycles. The molecule has 94 valence electrons. The van der Waals surface area contributed by atoms with Gasteiger partial charge in [0.2, 0.25) is 5.91 Å². The van der Waals surface area contributed by atoms with Crippen molar-refractivity contribution >= 4 is 5.91 Å². The fraction of sp³-hybridized carbons (Fsp3) is 0.667. The Kier molecular flexibility index (Phi) is 3.78. The van der Waals surface area contributed by atoms with E-state index in [4.69, 9.17) is 4.52 Å². The highest BCUT2D eigenvalue weighted by atomic mass is 16.5. The minimum Gasteiger partial charge on any atom is -0.361 e. The molecule has 5 heteroatoms. The molecule has 0 aliphatic carbocycles. The van der Waals surface area contributed by atoms with Gasteiger partial charge in [0.25, 0.3) is 0 Å². The van der Waals surface area contributed by atoms with Gasteiger partial charge in [-0.1, -0.05) is 5.16 Å². The summed E-state index contributed by atoms with van der Waals surface area (Å²) < 4.78 is 4.99. The molecule has 0 unspecified atom stereocenters. The third kappa shape index (κ3) is 3.06. The van der Waals surface area contributed by atoms with Gasteiger partial charge in [-0.15, -0.1) is 0 Å². The average molecular weight is 237 g/mol. The van der Waals surface area contributed by atoms with E-state index in [1.54, 1.807) is 4.90 Å². The van der Waals surface area contributed by atoms with Gasteiger partial charge in [0.15, 0.2) is 0 Å². The number of carbonyl (C=O) groups is 1. The van der Waals surface area contributed by atoms with Crippen LogP contribution in [0.15, 0.2) is 10.6 Å². The number of aromatic nitrogens is 1. The Morgan fingerprint density at radius 3 is 2.88 bits per heavy atom. The number of rotatable bonds is 3. The average Bonchev–Trinajstić information content (AvgIpc) is 2.75. The van der Waals surface area contributed by atoms with Gasteiger partial charge in [-0.25, -0.2) is 0 Å². The standard InChI is InChI=1S/C12H19N3O2/c1-9-7-11(14-17-9)8-15(2)12(16)10-3-5-13-6-4-10/h7,10,13H,3-6,8H2,1-2H3. The zero-order valence-corrected chi connectivity index (χ0v) is 10.4. The number of hydrogen-bond donors (Lipinski definition) is 1. The van der Waals surface area contributed by atoms with Crippen molar-refractivity contribution in [3.63, 3.8) is 0 Å². The van der Waals surface area contributed by atoms with E-state index >= 15 is 0 Å². The Hall–Kier alpha value is -1.36. The van der Waals surface area contributed by atoms with Crippen LogP contribution in [0.1, 0.15) is 24.3 Å². The molecular formula is C12H19N3O2. The second-order valence-electron chi connectivity index (χ2n) is 4.65. The Morgan fingerprint density at radius 1 is 1.59 bits per heavy atom. The third-order valence-electron chi connectivity index (χ3n) is 3.14. The molecule has 17 heavy (non-hydrogen) atoms. The molecule has 1 aliphatic heterocycles. The van der Waals surface area contributed by atoms with Gasteiger partial charge >= 0.3 is 0 Å². The molecule has 0 atom stereocenters. The highest BCUT2D eigenvalue weighted by Crippen LogP contribution is 2.15. The monoisotopic (exact) mass is 237 g/mol. The van der Waals surface area contributed by atoms with Crippen LogP contribution in [0.25, 0.3) is 0 Å². The zero-order valence-electron chi connectivity index (χ0n) is 10.4. The lowest BCUT2D eigenvalue weighted by atomic mass is 9.97. The molecular weight excluding hydrogens is 218 g/mol. The lowest BCUT2D eigenvalue weighted by Crippen LogP contribution is -2.38. The fourth-order valence-corrected chi connectivity index (χ4v) is 2.19. The van der Waals surface area contributed by atoms with Gasteiger partial charge in [-0.3, -0.25) is 4.79 Å². The van der Waals surface area contributed by atoms with E-state index in [-0.39, 0.29) is 11.8 Å². The van der Waals surface area contributed by atoms with Gasteiger partial charge in [-0.05, 0) is 32.9 Å². The van der Waals surface area contributed by atoms with Gasteiger partial charge in [0.1, 0.15) is 11.5 Å². The number of aryl methyl sites for hydroxylation is 1. The molecule has 0 bridgehead atoms. The maximum atomic E-state index is 12.1. The summed E-state index contributed by atoms with van der Waals surface area (Å²) in [6.07, 6.45) is 1.86. The summed E-state index contributed by atoms with van der Waals surface area (Å²) in [4.78, 5) is 13.9. The molecule has 1 N–H and O–H groups in total. The van der Waals surface area contributed by atoms with Crippen LogP contribution < -0.4 is 5.32 Å². The summed E-state index contributed by atoms with van der Waals surface area (Å²) in [5, 5.41) is 7.17. The lowest BCUT2D eigenvalue weighted by molar-refractivity contribution is -0.135. The van der Waals surface area contributed by atoms with Gasteiger partial charge in [0.05, 0.1) is 6.54 Å². The Morgan fingerprint density at radius 2 is 2.29 bits per heavy atom. The van der Waals surface area contributed by atoms with Crippen LogP contribution in [0.3, 0.4) is 0 Å². The molecule has 1 saturated heterocycles. The summed E-state index contributed by atoms with van der Waals surface area (Å²) in [6.45, 7) is 4.26. The predicted molar refractivity (Wildman–Crippen MR) is 63.3 cm³/mol. The van der Waals surface area contributed by atoms with Crippen molar-refractivity contribution in [1.82, 2.24) is 15.4 Å².